The summed E-state index contributed by atoms with van der Waals surface area (Å²) in [6.45, 7) is 4.04. The van der Waals surface area contributed by atoms with Crippen molar-refractivity contribution in [2.45, 2.75) is 26.3 Å². The largest absolute Gasteiger partial charge is 0.300 e. The number of hydrogen-bond donors (Lipinski definition) is 0. The molecule has 2 nitrogen and oxygen atoms in total. The molecule has 0 radical (unpaired) electrons. The molecule has 1 aliphatic rings. The van der Waals surface area contributed by atoms with Gasteiger partial charge in [0.2, 0.25) is 0 Å². The second kappa shape index (κ2) is 5.93. The fourth-order valence-corrected chi connectivity index (χ4v) is 2.72. The van der Waals surface area contributed by atoms with Gasteiger partial charge in [-0.05, 0) is 45.0 Å². The molecule has 0 atom stereocenters. The zero-order valence-electron chi connectivity index (χ0n) is 10.5. The lowest BCUT2D eigenvalue weighted by Crippen LogP contribution is -2.35. The van der Waals surface area contributed by atoms with Crippen molar-refractivity contribution < 1.29 is 9.18 Å². The molecule has 1 fully saturated rings. The van der Waals surface area contributed by atoms with Gasteiger partial charge in [-0.15, -0.1) is 0 Å². The molecule has 4 heteroatoms. The van der Waals surface area contributed by atoms with Gasteiger partial charge in [-0.25, -0.2) is 4.39 Å². The lowest BCUT2D eigenvalue weighted by Gasteiger charge is -2.30. The molecule has 0 aromatic heterocycles. The van der Waals surface area contributed by atoms with Crippen molar-refractivity contribution in [2.24, 2.45) is 5.92 Å². The van der Waals surface area contributed by atoms with Crippen LogP contribution in [-0.2, 0) is 11.3 Å². The van der Waals surface area contributed by atoms with Crippen LogP contribution in [0.1, 0.15) is 25.3 Å². The van der Waals surface area contributed by atoms with E-state index in [9.17, 15) is 9.18 Å². The fraction of sp³-hybridized carbons (Fsp3) is 0.500. The Labute approximate surface area is 115 Å². The van der Waals surface area contributed by atoms with Crippen LogP contribution >= 0.6 is 15.9 Å². The van der Waals surface area contributed by atoms with Gasteiger partial charge in [0.05, 0.1) is 0 Å². The van der Waals surface area contributed by atoms with Crippen molar-refractivity contribution >= 4 is 21.7 Å². The molecule has 1 aromatic carbocycles. The molecule has 0 spiro atoms. The van der Waals surface area contributed by atoms with Gasteiger partial charge in [0, 0.05) is 22.5 Å². The van der Waals surface area contributed by atoms with Gasteiger partial charge in [0.1, 0.15) is 11.6 Å². The van der Waals surface area contributed by atoms with Gasteiger partial charge >= 0.3 is 0 Å². The van der Waals surface area contributed by atoms with Crippen molar-refractivity contribution in [1.82, 2.24) is 4.90 Å². The molecule has 18 heavy (non-hydrogen) atoms. The Kier molecular flexibility index (Phi) is 4.51. The number of ketones is 1. The van der Waals surface area contributed by atoms with E-state index < -0.39 is 0 Å². The third-order valence-corrected chi connectivity index (χ3v) is 4.06. The number of halogens is 2. The average molecular weight is 314 g/mol. The second-order valence-corrected chi connectivity index (χ2v) is 5.81. The zero-order chi connectivity index (χ0) is 13.1. The summed E-state index contributed by atoms with van der Waals surface area (Å²) < 4.78 is 14.5. The summed E-state index contributed by atoms with van der Waals surface area (Å²) >= 11 is 3.25. The number of rotatable bonds is 3. The Bertz CT molecular complexity index is 441. The highest BCUT2D eigenvalue weighted by Gasteiger charge is 2.22. The number of nitrogens with zero attached hydrogens (tertiary/aromatic N) is 1. The van der Waals surface area contributed by atoms with E-state index in [2.05, 4.69) is 20.8 Å². The lowest BCUT2D eigenvalue weighted by atomic mass is 9.93. The molecule has 0 unspecified atom stereocenters. The van der Waals surface area contributed by atoms with Crippen LogP contribution in [0.2, 0.25) is 0 Å². The monoisotopic (exact) mass is 313 g/mol. The van der Waals surface area contributed by atoms with Gasteiger partial charge in [-0.2, -0.15) is 0 Å². The van der Waals surface area contributed by atoms with Crippen LogP contribution in [0.4, 0.5) is 4.39 Å². The maximum Gasteiger partial charge on any atom is 0.133 e. The Morgan fingerprint density at radius 3 is 2.67 bits per heavy atom. The summed E-state index contributed by atoms with van der Waals surface area (Å²) in [5.74, 6) is 0.318. The molecule has 1 aromatic rings. The number of likely N-dealkylation sites (tertiary alicyclic amines) is 1. The van der Waals surface area contributed by atoms with Gasteiger partial charge in [-0.1, -0.05) is 22.0 Å². The van der Waals surface area contributed by atoms with Crippen LogP contribution in [0.3, 0.4) is 0 Å². The zero-order valence-corrected chi connectivity index (χ0v) is 12.0. The Hall–Kier alpha value is -0.740. The first-order valence-electron chi connectivity index (χ1n) is 6.23. The predicted octanol–water partition coefficient (Wildman–Crippen LogP) is 3.39. The first-order chi connectivity index (χ1) is 8.56. The van der Waals surface area contributed by atoms with Crippen LogP contribution in [0, 0.1) is 11.7 Å². The smallest absolute Gasteiger partial charge is 0.133 e. The molecule has 0 N–H and O–H groups in total. The summed E-state index contributed by atoms with van der Waals surface area (Å²) in [6.07, 6.45) is 1.79. The van der Waals surface area contributed by atoms with Gasteiger partial charge in [-0.3, -0.25) is 9.69 Å². The minimum atomic E-state index is -0.168. The topological polar surface area (TPSA) is 20.3 Å². The highest BCUT2D eigenvalue weighted by molar-refractivity contribution is 9.10. The molecule has 1 aliphatic heterocycles. The fourth-order valence-electron chi connectivity index (χ4n) is 2.39. The first kappa shape index (κ1) is 13.7. The summed E-state index contributed by atoms with van der Waals surface area (Å²) in [7, 11) is 0. The van der Waals surface area contributed by atoms with Crippen LogP contribution in [-0.4, -0.2) is 23.8 Å². The molecule has 0 saturated carbocycles. The van der Waals surface area contributed by atoms with Crippen molar-refractivity contribution in [3.63, 3.8) is 0 Å². The summed E-state index contributed by atoms with van der Waals surface area (Å²) in [5.41, 5.74) is 0.722. The lowest BCUT2D eigenvalue weighted by molar-refractivity contribution is -0.122. The van der Waals surface area contributed by atoms with Gasteiger partial charge in [0.25, 0.3) is 0 Å². The van der Waals surface area contributed by atoms with E-state index in [1.807, 2.05) is 12.1 Å². The molecular weight excluding hydrogens is 297 g/mol. The number of carbonyl (C=O) groups is 1. The second-order valence-electron chi connectivity index (χ2n) is 4.90. The first-order valence-corrected chi connectivity index (χ1v) is 7.02. The number of piperidine rings is 1. The maximum atomic E-state index is 13.7. The van der Waals surface area contributed by atoms with E-state index in [0.29, 0.717) is 6.54 Å². The highest BCUT2D eigenvalue weighted by Crippen LogP contribution is 2.22. The molecule has 2 rings (SSSR count). The van der Waals surface area contributed by atoms with Crippen molar-refractivity contribution in [2.75, 3.05) is 13.1 Å². The minimum absolute atomic E-state index is 0.168. The SMILES string of the molecule is CC(=O)C1CCN(Cc2ccc(Br)cc2F)CC1. The molecule has 1 heterocycles. The van der Waals surface area contributed by atoms with Crippen LogP contribution < -0.4 is 0 Å². The Morgan fingerprint density at radius 2 is 2.11 bits per heavy atom. The van der Waals surface area contributed by atoms with E-state index in [1.165, 1.54) is 6.07 Å². The van der Waals surface area contributed by atoms with E-state index in [-0.39, 0.29) is 17.5 Å². The van der Waals surface area contributed by atoms with E-state index in [4.69, 9.17) is 0 Å². The van der Waals surface area contributed by atoms with E-state index in [1.54, 1.807) is 6.92 Å². The third-order valence-electron chi connectivity index (χ3n) is 3.57. The minimum Gasteiger partial charge on any atom is -0.300 e. The van der Waals surface area contributed by atoms with E-state index in [0.717, 1.165) is 36.0 Å². The number of carbonyl (C=O) groups excluding carboxylic acids is 1. The van der Waals surface area contributed by atoms with Crippen LogP contribution in [0.25, 0.3) is 0 Å². The quantitative estimate of drug-likeness (QED) is 0.852. The Balaban J connectivity index is 1.93. The van der Waals surface area contributed by atoms with Crippen LogP contribution in [0.15, 0.2) is 22.7 Å². The van der Waals surface area contributed by atoms with Crippen LogP contribution in [0.5, 0.6) is 0 Å². The molecule has 0 bridgehead atoms. The van der Waals surface area contributed by atoms with Gasteiger partial charge in [0.15, 0.2) is 0 Å². The van der Waals surface area contributed by atoms with Crippen molar-refractivity contribution in [3.8, 4) is 0 Å². The number of hydrogen-bond acceptors (Lipinski definition) is 2. The third kappa shape index (κ3) is 3.39. The standard InChI is InChI=1S/C14H17BrFNO/c1-10(18)11-4-6-17(7-5-11)9-12-2-3-13(15)8-14(12)16/h2-3,8,11H,4-7,9H2,1H3. The predicted molar refractivity (Wildman–Crippen MR) is 72.8 cm³/mol. The summed E-state index contributed by atoms with van der Waals surface area (Å²) in [5, 5.41) is 0. The molecular formula is C14H17BrFNO. The maximum absolute atomic E-state index is 13.7. The molecule has 0 aliphatic carbocycles. The highest BCUT2D eigenvalue weighted by atomic mass is 79.9. The van der Waals surface area contributed by atoms with Crippen molar-refractivity contribution in [3.05, 3.63) is 34.1 Å². The van der Waals surface area contributed by atoms with Gasteiger partial charge < -0.3 is 0 Å². The molecule has 1 saturated heterocycles. The number of benzene rings is 1. The Morgan fingerprint density at radius 1 is 1.44 bits per heavy atom. The summed E-state index contributed by atoms with van der Waals surface area (Å²) in [4.78, 5) is 13.5. The molecule has 0 amide bonds. The average Bonchev–Trinajstić information content (AvgIpc) is 2.33. The normalized spacial score (nSPS) is 17.9. The van der Waals surface area contributed by atoms with E-state index >= 15 is 0 Å². The van der Waals surface area contributed by atoms with Crippen molar-refractivity contribution in [1.29, 1.82) is 0 Å². The summed E-state index contributed by atoms with van der Waals surface area (Å²) in [6, 6.07) is 5.18. The molecule has 98 valence electrons. The number of Topliss-reactive ketones (excluding diaryl/α,β-unsaturated/α-hetero) is 1.